The number of ether oxygens (including phenoxy) is 1. The predicted molar refractivity (Wildman–Crippen MR) is 98.8 cm³/mol. The van der Waals surface area contributed by atoms with E-state index in [9.17, 15) is 14.9 Å². The Kier molecular flexibility index (Phi) is 4.93. The molecule has 3 rings (SSSR count). The van der Waals surface area contributed by atoms with Gasteiger partial charge in [-0.15, -0.1) is 0 Å². The second kappa shape index (κ2) is 7.47. The quantitative estimate of drug-likeness (QED) is 0.519. The number of fused-ring (bicyclic) bond motifs is 1. The van der Waals surface area contributed by atoms with Crippen molar-refractivity contribution in [1.82, 2.24) is 4.98 Å². The Morgan fingerprint density at radius 3 is 2.54 bits per heavy atom. The lowest BCUT2D eigenvalue weighted by Crippen LogP contribution is -2.13. The van der Waals surface area contributed by atoms with Gasteiger partial charge in [-0.3, -0.25) is 15.4 Å². The largest absolute Gasteiger partial charge is 0.450 e. The summed E-state index contributed by atoms with van der Waals surface area (Å²) in [6.45, 7) is 2.03. The highest BCUT2D eigenvalue weighted by Gasteiger charge is 2.13. The van der Waals surface area contributed by atoms with Crippen molar-refractivity contribution in [3.63, 3.8) is 0 Å². The van der Waals surface area contributed by atoms with Crippen LogP contribution in [-0.2, 0) is 4.74 Å². The zero-order valence-corrected chi connectivity index (χ0v) is 13.9. The van der Waals surface area contributed by atoms with E-state index in [2.05, 4.69) is 15.6 Å². The molecule has 8 nitrogen and oxygen atoms in total. The van der Waals surface area contributed by atoms with Gasteiger partial charge < -0.3 is 10.1 Å². The molecule has 0 fully saturated rings. The zero-order chi connectivity index (χ0) is 18.5. The van der Waals surface area contributed by atoms with E-state index in [1.165, 1.54) is 12.3 Å². The summed E-state index contributed by atoms with van der Waals surface area (Å²) >= 11 is 0. The zero-order valence-electron chi connectivity index (χ0n) is 13.9. The Balaban J connectivity index is 1.84. The lowest BCUT2D eigenvalue weighted by Gasteiger charge is -2.10. The Morgan fingerprint density at radius 1 is 1.12 bits per heavy atom. The highest BCUT2D eigenvalue weighted by molar-refractivity contribution is 5.98. The molecule has 1 aromatic heterocycles. The highest BCUT2D eigenvalue weighted by atomic mass is 16.6. The molecule has 132 valence electrons. The molecule has 8 heteroatoms. The van der Waals surface area contributed by atoms with Crippen LogP contribution in [0, 0.1) is 10.1 Å². The average Bonchev–Trinajstić information content (AvgIpc) is 2.63. The maximum atomic E-state index is 11.4. The van der Waals surface area contributed by atoms with Crippen molar-refractivity contribution < 1.29 is 14.5 Å². The SMILES string of the molecule is CCOC(=O)Nc1ccc(Nc2nccc3c([N+](=O)[O-])cccc23)cc1. The van der Waals surface area contributed by atoms with Crippen molar-refractivity contribution in [2.75, 3.05) is 17.2 Å². The van der Waals surface area contributed by atoms with Gasteiger partial charge in [0.05, 0.1) is 16.9 Å². The maximum absolute atomic E-state index is 11.4. The predicted octanol–water partition coefficient (Wildman–Crippen LogP) is 4.46. The number of carbonyl (C=O) groups is 1. The number of non-ortho nitro benzene ring substituents is 1. The van der Waals surface area contributed by atoms with Gasteiger partial charge in [0.25, 0.3) is 5.69 Å². The van der Waals surface area contributed by atoms with Crippen LogP contribution in [0.3, 0.4) is 0 Å². The van der Waals surface area contributed by atoms with Crippen molar-refractivity contribution in [2.24, 2.45) is 0 Å². The Morgan fingerprint density at radius 2 is 1.85 bits per heavy atom. The first-order valence-electron chi connectivity index (χ1n) is 7.91. The molecular weight excluding hydrogens is 336 g/mol. The number of carbonyl (C=O) groups excluding carboxylic acids is 1. The standard InChI is InChI=1S/C18H16N4O4/c1-2-26-18(23)21-13-8-6-12(7-9-13)20-17-15-4-3-5-16(22(24)25)14(15)10-11-19-17/h3-11H,2H2,1H3,(H,19,20)(H,21,23). The van der Waals surface area contributed by atoms with Gasteiger partial charge in [-0.1, -0.05) is 12.1 Å². The summed E-state index contributed by atoms with van der Waals surface area (Å²) in [6.07, 6.45) is 1.00. The van der Waals surface area contributed by atoms with Crippen LogP contribution < -0.4 is 10.6 Å². The summed E-state index contributed by atoms with van der Waals surface area (Å²) in [5, 5.41) is 18.1. The molecule has 26 heavy (non-hydrogen) atoms. The average molecular weight is 352 g/mol. The number of aromatic nitrogens is 1. The molecule has 3 aromatic rings. The second-order valence-electron chi connectivity index (χ2n) is 5.34. The number of benzene rings is 2. The van der Waals surface area contributed by atoms with E-state index in [0.717, 1.165) is 5.69 Å². The number of nitro benzene ring substituents is 1. The van der Waals surface area contributed by atoms with Crippen molar-refractivity contribution in [2.45, 2.75) is 6.92 Å². The molecule has 1 amide bonds. The number of hydrogen-bond acceptors (Lipinski definition) is 6. The summed E-state index contributed by atoms with van der Waals surface area (Å²) in [4.78, 5) is 26.4. The minimum Gasteiger partial charge on any atom is -0.450 e. The van der Waals surface area contributed by atoms with Gasteiger partial charge in [0.1, 0.15) is 5.82 Å². The van der Waals surface area contributed by atoms with Crippen LogP contribution in [0.2, 0.25) is 0 Å². The number of nitrogens with zero attached hydrogens (tertiary/aromatic N) is 2. The third-order valence-electron chi connectivity index (χ3n) is 3.65. The molecule has 0 aliphatic heterocycles. The normalized spacial score (nSPS) is 10.3. The molecule has 0 spiro atoms. The number of rotatable bonds is 5. The van der Waals surface area contributed by atoms with Crippen LogP contribution in [0.4, 0.5) is 27.7 Å². The Bertz CT molecular complexity index is 957. The fourth-order valence-corrected chi connectivity index (χ4v) is 2.51. The van der Waals surface area contributed by atoms with E-state index < -0.39 is 11.0 Å². The van der Waals surface area contributed by atoms with Gasteiger partial charge >= 0.3 is 6.09 Å². The fourth-order valence-electron chi connectivity index (χ4n) is 2.51. The molecule has 2 N–H and O–H groups in total. The lowest BCUT2D eigenvalue weighted by atomic mass is 10.1. The molecule has 0 aliphatic rings. The Labute approximate surface area is 149 Å². The number of amides is 1. The topological polar surface area (TPSA) is 106 Å². The van der Waals surface area contributed by atoms with E-state index in [0.29, 0.717) is 28.9 Å². The summed E-state index contributed by atoms with van der Waals surface area (Å²) < 4.78 is 4.82. The number of nitrogens with one attached hydrogen (secondary N) is 2. The Hall–Kier alpha value is -3.68. The monoisotopic (exact) mass is 352 g/mol. The minimum atomic E-state index is -0.517. The van der Waals surface area contributed by atoms with Gasteiger partial charge in [0.2, 0.25) is 0 Å². The highest BCUT2D eigenvalue weighted by Crippen LogP contribution is 2.30. The van der Waals surface area contributed by atoms with Crippen LogP contribution in [0.5, 0.6) is 0 Å². The molecule has 0 saturated heterocycles. The summed E-state index contributed by atoms with van der Waals surface area (Å²) in [7, 11) is 0. The first kappa shape index (κ1) is 17.2. The van der Waals surface area contributed by atoms with E-state index in [4.69, 9.17) is 4.74 Å². The number of anilines is 3. The van der Waals surface area contributed by atoms with Gasteiger partial charge in [0, 0.05) is 29.0 Å². The van der Waals surface area contributed by atoms with E-state index in [-0.39, 0.29) is 5.69 Å². The summed E-state index contributed by atoms with van der Waals surface area (Å²) in [5.74, 6) is 0.511. The first-order valence-corrected chi connectivity index (χ1v) is 7.91. The van der Waals surface area contributed by atoms with Gasteiger partial charge in [0.15, 0.2) is 0 Å². The fraction of sp³-hybridized carbons (Fsp3) is 0.111. The second-order valence-corrected chi connectivity index (χ2v) is 5.34. The molecule has 0 saturated carbocycles. The van der Waals surface area contributed by atoms with Crippen LogP contribution in [0.15, 0.2) is 54.7 Å². The third-order valence-corrected chi connectivity index (χ3v) is 3.65. The maximum Gasteiger partial charge on any atom is 0.411 e. The van der Waals surface area contributed by atoms with Crippen LogP contribution in [0.1, 0.15) is 6.92 Å². The molecule has 2 aromatic carbocycles. The smallest absolute Gasteiger partial charge is 0.411 e. The van der Waals surface area contributed by atoms with Gasteiger partial charge in [-0.25, -0.2) is 9.78 Å². The number of nitro groups is 1. The van der Waals surface area contributed by atoms with Crippen molar-refractivity contribution >= 4 is 39.7 Å². The summed E-state index contributed by atoms with van der Waals surface area (Å²) in [6, 6.07) is 13.4. The molecule has 0 atom stereocenters. The molecular formula is C18H16N4O4. The number of pyridine rings is 1. The van der Waals surface area contributed by atoms with Crippen LogP contribution in [0.25, 0.3) is 10.8 Å². The van der Waals surface area contributed by atoms with Crippen LogP contribution >= 0.6 is 0 Å². The van der Waals surface area contributed by atoms with Crippen LogP contribution in [-0.4, -0.2) is 22.6 Å². The summed E-state index contributed by atoms with van der Waals surface area (Å²) in [5.41, 5.74) is 1.35. The third kappa shape index (κ3) is 3.69. The molecule has 0 unspecified atom stereocenters. The van der Waals surface area contributed by atoms with E-state index >= 15 is 0 Å². The molecule has 0 aliphatic carbocycles. The van der Waals surface area contributed by atoms with E-state index in [1.807, 2.05) is 0 Å². The van der Waals surface area contributed by atoms with Gasteiger partial charge in [-0.05, 0) is 37.3 Å². The molecule has 1 heterocycles. The molecule has 0 radical (unpaired) electrons. The number of hydrogen-bond donors (Lipinski definition) is 2. The van der Waals surface area contributed by atoms with Crippen molar-refractivity contribution in [3.05, 3.63) is 64.8 Å². The van der Waals surface area contributed by atoms with E-state index in [1.54, 1.807) is 49.4 Å². The van der Waals surface area contributed by atoms with Crippen molar-refractivity contribution in [1.29, 1.82) is 0 Å². The lowest BCUT2D eigenvalue weighted by molar-refractivity contribution is -0.383. The first-order chi connectivity index (χ1) is 12.6. The molecule has 0 bridgehead atoms. The van der Waals surface area contributed by atoms with Crippen molar-refractivity contribution in [3.8, 4) is 0 Å². The van der Waals surface area contributed by atoms with Gasteiger partial charge in [-0.2, -0.15) is 0 Å². The minimum absolute atomic E-state index is 0.0296.